The van der Waals surface area contributed by atoms with Crippen molar-refractivity contribution in [1.82, 2.24) is 14.5 Å². The van der Waals surface area contributed by atoms with E-state index in [1.165, 1.54) is 12.5 Å². The number of carbonyl (C=O) groups is 1. The minimum absolute atomic E-state index is 0.165. The standard InChI is InChI=1S/C13H11N5O5/c14-1-5-2-18(11-7(5)10(15)16-4-17-11)12-9-8(6(3-19)21-12)22-13(20)23-9/h2,4,6,8-9,12,19H,3H2,(H2,15,16,17)/t6-,8-,9-,12-/m1/s1. The lowest BCUT2D eigenvalue weighted by molar-refractivity contribution is -0.0702. The lowest BCUT2D eigenvalue weighted by Gasteiger charge is -2.17. The van der Waals surface area contributed by atoms with Gasteiger partial charge in [0.15, 0.2) is 18.4 Å². The number of nitrogens with two attached hydrogens (primary N) is 1. The molecule has 2 saturated heterocycles. The number of nitrogens with zero attached hydrogens (tertiary/aromatic N) is 4. The Morgan fingerprint density at radius 2 is 2.17 bits per heavy atom. The molecule has 2 aromatic heterocycles. The van der Waals surface area contributed by atoms with Crippen LogP contribution in [0.15, 0.2) is 12.5 Å². The fraction of sp³-hybridized carbons (Fsp3) is 0.385. The lowest BCUT2D eigenvalue weighted by Crippen LogP contribution is -2.30. The fourth-order valence-corrected chi connectivity index (χ4v) is 2.98. The number of aromatic nitrogens is 3. The molecule has 118 valence electrons. The van der Waals surface area contributed by atoms with Crippen molar-refractivity contribution in [3.05, 3.63) is 18.1 Å². The third kappa shape index (κ3) is 1.84. The number of nitrogen functional groups attached to an aromatic ring is 1. The highest BCUT2D eigenvalue weighted by Crippen LogP contribution is 2.40. The van der Waals surface area contributed by atoms with Crippen LogP contribution in [-0.2, 0) is 14.2 Å². The van der Waals surface area contributed by atoms with E-state index >= 15 is 0 Å². The van der Waals surface area contributed by atoms with E-state index in [0.29, 0.717) is 11.0 Å². The molecule has 0 aliphatic carbocycles. The quantitative estimate of drug-likeness (QED) is 0.711. The molecule has 10 heteroatoms. The zero-order valence-corrected chi connectivity index (χ0v) is 11.6. The van der Waals surface area contributed by atoms with Gasteiger partial charge in [0.05, 0.1) is 17.6 Å². The Labute approximate surface area is 129 Å². The molecule has 0 aromatic carbocycles. The van der Waals surface area contributed by atoms with Crippen LogP contribution in [-0.4, -0.2) is 50.7 Å². The summed E-state index contributed by atoms with van der Waals surface area (Å²) in [5.74, 6) is 0.165. The molecule has 0 radical (unpaired) electrons. The first-order chi connectivity index (χ1) is 11.1. The number of carbonyl (C=O) groups excluding carboxylic acids is 1. The predicted octanol–water partition coefficient (Wildman–Crippen LogP) is -0.321. The maximum Gasteiger partial charge on any atom is 0.509 e. The summed E-state index contributed by atoms with van der Waals surface area (Å²) in [7, 11) is 0. The van der Waals surface area contributed by atoms with Crippen molar-refractivity contribution in [2.75, 3.05) is 12.3 Å². The zero-order chi connectivity index (χ0) is 16.1. The minimum atomic E-state index is -0.821. The van der Waals surface area contributed by atoms with E-state index in [1.54, 1.807) is 4.57 Å². The molecule has 0 saturated carbocycles. The molecule has 2 fully saturated rings. The van der Waals surface area contributed by atoms with Gasteiger partial charge in [0.25, 0.3) is 0 Å². The smallest absolute Gasteiger partial charge is 0.424 e. The van der Waals surface area contributed by atoms with E-state index in [2.05, 4.69) is 9.97 Å². The SMILES string of the molecule is N#Cc1cn([C@@H]2O[C@H](CO)[C@H]3OC(=O)O[C@H]32)c2ncnc(N)c12. The Kier molecular flexibility index (Phi) is 2.87. The van der Waals surface area contributed by atoms with Gasteiger partial charge in [0, 0.05) is 6.20 Å². The van der Waals surface area contributed by atoms with Crippen LogP contribution in [0.25, 0.3) is 11.0 Å². The molecule has 3 N–H and O–H groups in total. The van der Waals surface area contributed by atoms with Gasteiger partial charge in [-0.3, -0.25) is 0 Å². The molecule has 2 aromatic rings. The maximum absolute atomic E-state index is 11.4. The molecule has 4 rings (SSSR count). The van der Waals surface area contributed by atoms with Gasteiger partial charge in [0.1, 0.15) is 30.0 Å². The van der Waals surface area contributed by atoms with Crippen molar-refractivity contribution in [3.63, 3.8) is 0 Å². The summed E-state index contributed by atoms with van der Waals surface area (Å²) in [5, 5.41) is 19.1. The Bertz CT molecular complexity index is 843. The van der Waals surface area contributed by atoms with E-state index in [-0.39, 0.29) is 18.0 Å². The molecular weight excluding hydrogens is 306 g/mol. The normalized spacial score (nSPS) is 29.1. The zero-order valence-electron chi connectivity index (χ0n) is 11.6. The first-order valence-corrected chi connectivity index (χ1v) is 6.78. The first-order valence-electron chi connectivity index (χ1n) is 6.78. The van der Waals surface area contributed by atoms with Gasteiger partial charge >= 0.3 is 6.16 Å². The van der Waals surface area contributed by atoms with Gasteiger partial charge in [-0.1, -0.05) is 0 Å². The predicted molar refractivity (Wildman–Crippen MR) is 72.8 cm³/mol. The second-order valence-corrected chi connectivity index (χ2v) is 5.18. The van der Waals surface area contributed by atoms with Crippen molar-refractivity contribution in [3.8, 4) is 6.07 Å². The Hall–Kier alpha value is -2.90. The van der Waals surface area contributed by atoms with Gasteiger partial charge in [-0.25, -0.2) is 14.8 Å². The second-order valence-electron chi connectivity index (χ2n) is 5.18. The number of aliphatic hydroxyl groups excluding tert-OH is 1. The van der Waals surface area contributed by atoms with E-state index in [0.717, 1.165) is 0 Å². The monoisotopic (exact) mass is 317 g/mol. The molecule has 2 aliphatic rings. The highest BCUT2D eigenvalue weighted by Gasteiger charge is 2.55. The number of nitriles is 1. The van der Waals surface area contributed by atoms with Crippen molar-refractivity contribution in [2.24, 2.45) is 0 Å². The van der Waals surface area contributed by atoms with Crippen LogP contribution in [0.3, 0.4) is 0 Å². The topological polar surface area (TPSA) is 146 Å². The van der Waals surface area contributed by atoms with Gasteiger partial charge in [-0.15, -0.1) is 0 Å². The van der Waals surface area contributed by atoms with E-state index in [4.69, 9.17) is 19.9 Å². The van der Waals surface area contributed by atoms with Crippen LogP contribution >= 0.6 is 0 Å². The second kappa shape index (κ2) is 4.80. The van der Waals surface area contributed by atoms with Gasteiger partial charge in [-0.05, 0) is 0 Å². The van der Waals surface area contributed by atoms with Crippen molar-refractivity contribution in [2.45, 2.75) is 24.5 Å². The molecule has 4 atom stereocenters. The molecule has 2 aliphatic heterocycles. The summed E-state index contributed by atoms with van der Waals surface area (Å²) >= 11 is 0. The largest absolute Gasteiger partial charge is 0.509 e. The average Bonchev–Trinajstić information content (AvgIpc) is 3.18. The fourth-order valence-electron chi connectivity index (χ4n) is 2.98. The summed E-state index contributed by atoms with van der Waals surface area (Å²) < 4.78 is 17.4. The molecule has 23 heavy (non-hydrogen) atoms. The Balaban J connectivity index is 1.85. The Morgan fingerprint density at radius 1 is 1.39 bits per heavy atom. The summed E-state index contributed by atoms with van der Waals surface area (Å²) in [6.07, 6.45) is -1.04. The number of hydrogen-bond donors (Lipinski definition) is 2. The van der Waals surface area contributed by atoms with Crippen molar-refractivity contribution in [1.29, 1.82) is 5.26 Å². The van der Waals surface area contributed by atoms with E-state index in [1.807, 2.05) is 6.07 Å². The molecule has 0 unspecified atom stereocenters. The summed E-state index contributed by atoms with van der Waals surface area (Å²) in [5.41, 5.74) is 6.47. The number of ether oxygens (including phenoxy) is 3. The molecular formula is C13H11N5O5. The molecule has 4 heterocycles. The van der Waals surface area contributed by atoms with E-state index in [9.17, 15) is 15.2 Å². The molecule has 10 nitrogen and oxygen atoms in total. The van der Waals surface area contributed by atoms with Crippen LogP contribution in [0, 0.1) is 11.3 Å². The third-order valence-corrected chi connectivity index (χ3v) is 3.96. The highest BCUT2D eigenvalue weighted by molar-refractivity contribution is 5.92. The number of anilines is 1. The Morgan fingerprint density at radius 3 is 2.91 bits per heavy atom. The molecule has 0 spiro atoms. The minimum Gasteiger partial charge on any atom is -0.424 e. The summed E-state index contributed by atoms with van der Waals surface area (Å²) in [6.45, 7) is -0.338. The van der Waals surface area contributed by atoms with Crippen LogP contribution in [0.5, 0.6) is 0 Å². The van der Waals surface area contributed by atoms with Crippen LogP contribution in [0.2, 0.25) is 0 Å². The average molecular weight is 317 g/mol. The van der Waals surface area contributed by atoms with Crippen molar-refractivity contribution >= 4 is 23.0 Å². The highest BCUT2D eigenvalue weighted by atomic mass is 16.8. The lowest BCUT2D eigenvalue weighted by atomic mass is 10.1. The third-order valence-electron chi connectivity index (χ3n) is 3.96. The van der Waals surface area contributed by atoms with Crippen LogP contribution in [0.4, 0.5) is 10.6 Å². The number of rotatable bonds is 2. The molecule has 0 bridgehead atoms. The van der Waals surface area contributed by atoms with Gasteiger partial charge in [0.2, 0.25) is 0 Å². The maximum atomic E-state index is 11.4. The summed E-state index contributed by atoms with van der Waals surface area (Å²) in [6, 6.07) is 2.02. The van der Waals surface area contributed by atoms with Gasteiger partial charge < -0.3 is 29.6 Å². The van der Waals surface area contributed by atoms with Crippen LogP contribution < -0.4 is 5.73 Å². The number of aliphatic hydroxyl groups is 1. The summed E-state index contributed by atoms with van der Waals surface area (Å²) in [4.78, 5) is 19.4. The van der Waals surface area contributed by atoms with Crippen molar-refractivity contribution < 1.29 is 24.1 Å². The first kappa shape index (κ1) is 13.7. The molecule has 0 amide bonds. The number of fused-ring (bicyclic) bond motifs is 2. The van der Waals surface area contributed by atoms with Gasteiger partial charge in [-0.2, -0.15) is 5.26 Å². The van der Waals surface area contributed by atoms with E-state index < -0.39 is 30.7 Å². The van der Waals surface area contributed by atoms with Crippen LogP contribution in [0.1, 0.15) is 11.8 Å². The number of hydrogen-bond acceptors (Lipinski definition) is 9.